The van der Waals surface area contributed by atoms with Gasteiger partial charge in [0.25, 0.3) is 0 Å². The lowest BCUT2D eigenvalue weighted by Gasteiger charge is -2.32. The fourth-order valence-corrected chi connectivity index (χ4v) is 2.95. The largest absolute Gasteiger partial charge is 0.371 e. The highest BCUT2D eigenvalue weighted by Crippen LogP contribution is 2.28. The number of amides is 1. The van der Waals surface area contributed by atoms with E-state index in [0.717, 1.165) is 25.6 Å². The molecule has 2 aliphatic rings. The Morgan fingerprint density at radius 1 is 1.30 bits per heavy atom. The van der Waals surface area contributed by atoms with Crippen LogP contribution in [0, 0.1) is 11.8 Å². The summed E-state index contributed by atoms with van der Waals surface area (Å²) in [6.07, 6.45) is 5.47. The van der Waals surface area contributed by atoms with Crippen LogP contribution in [0.25, 0.3) is 0 Å². The van der Waals surface area contributed by atoms with Crippen molar-refractivity contribution >= 4 is 15.9 Å². The van der Waals surface area contributed by atoms with Gasteiger partial charge >= 0.3 is 0 Å². The average Bonchev–Trinajstić information content (AvgIpc) is 3.20. The molecule has 0 aromatic carbocycles. The van der Waals surface area contributed by atoms with Gasteiger partial charge in [0.1, 0.15) is 6.61 Å². The van der Waals surface area contributed by atoms with Crippen LogP contribution < -0.4 is 4.72 Å². The molecule has 20 heavy (non-hydrogen) atoms. The van der Waals surface area contributed by atoms with E-state index >= 15 is 0 Å². The third-order valence-electron chi connectivity index (χ3n) is 3.78. The Bertz CT molecular complexity index is 434. The number of sulfonamides is 1. The van der Waals surface area contributed by atoms with E-state index in [2.05, 4.69) is 4.72 Å². The highest BCUT2D eigenvalue weighted by atomic mass is 32.2. The van der Waals surface area contributed by atoms with Crippen molar-refractivity contribution in [1.29, 1.82) is 0 Å². The Balaban J connectivity index is 1.69. The summed E-state index contributed by atoms with van der Waals surface area (Å²) in [7, 11) is -3.16. The predicted octanol–water partition coefficient (Wildman–Crippen LogP) is 0.201. The van der Waals surface area contributed by atoms with Crippen LogP contribution in [0.5, 0.6) is 0 Å². The van der Waals surface area contributed by atoms with Gasteiger partial charge < -0.3 is 9.64 Å². The molecular weight excluding hydrogens is 280 g/mol. The molecule has 2 rings (SSSR count). The molecule has 1 amide bonds. The molecule has 0 aromatic heterocycles. The first-order valence-corrected chi connectivity index (χ1v) is 9.13. The van der Waals surface area contributed by atoms with Crippen LogP contribution in [0.2, 0.25) is 0 Å². The fourth-order valence-electron chi connectivity index (χ4n) is 2.42. The second-order valence-corrected chi connectivity index (χ2v) is 7.76. The normalized spacial score (nSPS) is 23.9. The average molecular weight is 304 g/mol. The van der Waals surface area contributed by atoms with Gasteiger partial charge in [0, 0.05) is 19.6 Å². The van der Waals surface area contributed by atoms with E-state index < -0.39 is 10.0 Å². The van der Waals surface area contributed by atoms with Crippen molar-refractivity contribution in [3.8, 4) is 0 Å². The monoisotopic (exact) mass is 304 g/mol. The van der Waals surface area contributed by atoms with Gasteiger partial charge in [-0.3, -0.25) is 4.79 Å². The maximum absolute atomic E-state index is 12.0. The number of nitrogens with one attached hydrogen (secondary N) is 1. The van der Waals surface area contributed by atoms with Crippen molar-refractivity contribution in [2.75, 3.05) is 39.1 Å². The maximum Gasteiger partial charge on any atom is 0.248 e. The third kappa shape index (κ3) is 5.76. The van der Waals surface area contributed by atoms with Crippen LogP contribution in [0.1, 0.15) is 25.7 Å². The van der Waals surface area contributed by atoms with Crippen LogP contribution in [0.3, 0.4) is 0 Å². The van der Waals surface area contributed by atoms with E-state index in [-0.39, 0.29) is 18.4 Å². The smallest absolute Gasteiger partial charge is 0.248 e. The Morgan fingerprint density at radius 3 is 2.70 bits per heavy atom. The van der Waals surface area contributed by atoms with E-state index in [0.29, 0.717) is 25.6 Å². The second-order valence-electron chi connectivity index (χ2n) is 5.93. The SMILES string of the molecule is CS(=O)(=O)NC[C@@H]1CCCN(C(=O)COCC2CC2)C1. The highest BCUT2D eigenvalue weighted by Gasteiger charge is 2.25. The molecule has 1 aliphatic heterocycles. The summed E-state index contributed by atoms with van der Waals surface area (Å²) in [5.41, 5.74) is 0. The van der Waals surface area contributed by atoms with Crippen LogP contribution in [0.4, 0.5) is 0 Å². The minimum atomic E-state index is -3.16. The zero-order valence-electron chi connectivity index (χ0n) is 12.0. The van der Waals surface area contributed by atoms with E-state index in [1.807, 2.05) is 0 Å². The molecule has 2 fully saturated rings. The first-order chi connectivity index (χ1) is 9.44. The molecule has 7 heteroatoms. The van der Waals surface area contributed by atoms with Crippen LogP contribution >= 0.6 is 0 Å². The Morgan fingerprint density at radius 2 is 2.05 bits per heavy atom. The Kier molecular flexibility index (Phi) is 5.40. The van der Waals surface area contributed by atoms with E-state index in [1.165, 1.54) is 12.8 Å². The van der Waals surface area contributed by atoms with Gasteiger partial charge in [-0.2, -0.15) is 0 Å². The molecule has 0 spiro atoms. The van der Waals surface area contributed by atoms with Crippen molar-refractivity contribution in [3.63, 3.8) is 0 Å². The number of carbonyl (C=O) groups excluding carboxylic acids is 1. The van der Waals surface area contributed by atoms with Gasteiger partial charge in [-0.25, -0.2) is 13.1 Å². The lowest BCUT2D eigenvalue weighted by Crippen LogP contribution is -2.44. The quantitative estimate of drug-likeness (QED) is 0.729. The minimum absolute atomic E-state index is 0.0229. The molecule has 1 heterocycles. The standard InChI is InChI=1S/C13H24N2O4S/c1-20(17,18)14-7-12-3-2-6-15(8-12)13(16)10-19-9-11-4-5-11/h11-12,14H,2-10H2,1H3/t12-/m0/s1. The van der Waals surface area contributed by atoms with Gasteiger partial charge in [-0.1, -0.05) is 0 Å². The summed E-state index contributed by atoms with van der Waals surface area (Å²) < 4.78 is 30.1. The number of ether oxygens (including phenoxy) is 1. The van der Waals surface area contributed by atoms with Crippen LogP contribution in [-0.4, -0.2) is 58.3 Å². The number of likely N-dealkylation sites (tertiary alicyclic amines) is 1. The number of hydrogen-bond donors (Lipinski definition) is 1. The molecule has 116 valence electrons. The first-order valence-electron chi connectivity index (χ1n) is 7.24. The molecule has 0 radical (unpaired) electrons. The summed E-state index contributed by atoms with van der Waals surface area (Å²) in [5, 5.41) is 0. The molecule has 6 nitrogen and oxygen atoms in total. The summed E-state index contributed by atoms with van der Waals surface area (Å²) in [4.78, 5) is 13.8. The Hall–Kier alpha value is -0.660. The van der Waals surface area contributed by atoms with E-state index in [1.54, 1.807) is 4.90 Å². The van der Waals surface area contributed by atoms with E-state index in [4.69, 9.17) is 4.74 Å². The van der Waals surface area contributed by atoms with E-state index in [9.17, 15) is 13.2 Å². The van der Waals surface area contributed by atoms with Gasteiger partial charge in [0.2, 0.25) is 15.9 Å². The molecule has 1 atom stereocenters. The fraction of sp³-hybridized carbons (Fsp3) is 0.923. The minimum Gasteiger partial charge on any atom is -0.371 e. The summed E-state index contributed by atoms with van der Waals surface area (Å²) in [5.74, 6) is 0.886. The topological polar surface area (TPSA) is 75.7 Å². The van der Waals surface area contributed by atoms with Crippen molar-refractivity contribution < 1.29 is 17.9 Å². The number of hydrogen-bond acceptors (Lipinski definition) is 4. The maximum atomic E-state index is 12.0. The number of nitrogens with zero attached hydrogens (tertiary/aromatic N) is 1. The molecule has 0 aromatic rings. The van der Waals surface area contributed by atoms with Gasteiger partial charge in [0.05, 0.1) is 12.9 Å². The number of rotatable bonds is 7. The molecule has 0 unspecified atom stereocenters. The zero-order valence-corrected chi connectivity index (χ0v) is 12.8. The summed E-state index contributed by atoms with van der Waals surface area (Å²) in [6.45, 7) is 2.63. The number of carbonyl (C=O) groups is 1. The molecule has 1 saturated heterocycles. The van der Waals surface area contributed by atoms with Crippen molar-refractivity contribution in [2.24, 2.45) is 11.8 Å². The van der Waals surface area contributed by atoms with Crippen molar-refractivity contribution in [3.05, 3.63) is 0 Å². The molecule has 1 saturated carbocycles. The molecule has 1 aliphatic carbocycles. The number of piperidine rings is 1. The molecule has 1 N–H and O–H groups in total. The lowest BCUT2D eigenvalue weighted by atomic mass is 9.98. The van der Waals surface area contributed by atoms with Gasteiger partial charge in [-0.05, 0) is 37.5 Å². The summed E-state index contributed by atoms with van der Waals surface area (Å²) >= 11 is 0. The van der Waals surface area contributed by atoms with Crippen molar-refractivity contribution in [2.45, 2.75) is 25.7 Å². The second kappa shape index (κ2) is 6.87. The third-order valence-corrected chi connectivity index (χ3v) is 4.47. The lowest BCUT2D eigenvalue weighted by molar-refractivity contribution is -0.138. The van der Waals surface area contributed by atoms with Crippen molar-refractivity contribution in [1.82, 2.24) is 9.62 Å². The van der Waals surface area contributed by atoms with Crippen LogP contribution in [-0.2, 0) is 19.6 Å². The summed E-state index contributed by atoms with van der Waals surface area (Å²) in [6, 6.07) is 0. The highest BCUT2D eigenvalue weighted by molar-refractivity contribution is 7.88. The van der Waals surface area contributed by atoms with Crippen LogP contribution in [0.15, 0.2) is 0 Å². The zero-order chi connectivity index (χ0) is 14.6. The van der Waals surface area contributed by atoms with Gasteiger partial charge in [-0.15, -0.1) is 0 Å². The van der Waals surface area contributed by atoms with Gasteiger partial charge in [0.15, 0.2) is 0 Å². The Labute approximate surface area is 120 Å². The molecule has 0 bridgehead atoms. The first kappa shape index (κ1) is 15.7. The predicted molar refractivity (Wildman–Crippen MR) is 75.7 cm³/mol. The molecular formula is C13H24N2O4S.